The molecule has 1 unspecified atom stereocenters. The minimum atomic E-state index is -4.88. The van der Waals surface area contributed by atoms with E-state index >= 15 is 0 Å². The summed E-state index contributed by atoms with van der Waals surface area (Å²) in [4.78, 5) is 22.7. The Hall–Kier alpha value is -2.91. The molecule has 0 aliphatic rings. The van der Waals surface area contributed by atoms with E-state index in [9.17, 15) is 27.2 Å². The third-order valence-corrected chi connectivity index (χ3v) is 3.49. The molecule has 1 aromatic heterocycles. The highest BCUT2D eigenvalue weighted by Gasteiger charge is 2.40. The van der Waals surface area contributed by atoms with Gasteiger partial charge in [0.1, 0.15) is 5.82 Å². The van der Waals surface area contributed by atoms with Gasteiger partial charge in [-0.25, -0.2) is 9.07 Å². The van der Waals surface area contributed by atoms with E-state index in [1.54, 1.807) is 6.92 Å². The molecule has 140 valence electrons. The van der Waals surface area contributed by atoms with Crippen LogP contribution in [-0.2, 0) is 11.0 Å². The van der Waals surface area contributed by atoms with Crippen molar-refractivity contribution in [1.82, 2.24) is 15.1 Å². The van der Waals surface area contributed by atoms with Crippen LogP contribution in [0.5, 0.6) is 0 Å². The summed E-state index contributed by atoms with van der Waals surface area (Å²) in [6, 6.07) is 4.16. The molecule has 0 radical (unpaired) electrons. The van der Waals surface area contributed by atoms with Gasteiger partial charge in [-0.15, -0.1) is 0 Å². The summed E-state index contributed by atoms with van der Waals surface area (Å²) >= 11 is 0. The lowest BCUT2D eigenvalue weighted by atomic mass is 10.1. The first-order chi connectivity index (χ1) is 12.1. The van der Waals surface area contributed by atoms with E-state index < -0.39 is 41.0 Å². The van der Waals surface area contributed by atoms with Crippen molar-refractivity contribution in [2.45, 2.75) is 19.5 Å². The van der Waals surface area contributed by atoms with Gasteiger partial charge in [0, 0.05) is 13.0 Å². The number of hydrogen-bond donors (Lipinski definition) is 2. The predicted octanol–water partition coefficient (Wildman–Crippen LogP) is 2.87. The highest BCUT2D eigenvalue weighted by Crippen LogP contribution is 2.33. The van der Waals surface area contributed by atoms with Crippen LogP contribution in [0.4, 0.5) is 17.6 Å². The van der Waals surface area contributed by atoms with E-state index in [1.165, 1.54) is 0 Å². The first-order valence-electron chi connectivity index (χ1n) is 7.50. The average Bonchev–Trinajstić information content (AvgIpc) is 2.98. The van der Waals surface area contributed by atoms with Crippen molar-refractivity contribution in [3.05, 3.63) is 47.5 Å². The van der Waals surface area contributed by atoms with Gasteiger partial charge in [-0.2, -0.15) is 18.3 Å². The number of benzene rings is 1. The Labute approximate surface area is 145 Å². The Morgan fingerprint density at radius 3 is 2.42 bits per heavy atom. The zero-order valence-corrected chi connectivity index (χ0v) is 13.5. The van der Waals surface area contributed by atoms with Crippen LogP contribution in [0, 0.1) is 11.7 Å². The number of amides is 1. The standard InChI is InChI=1S/C16H15F4N3O3/c1-9(6-13(24)25)7-21-15(26)12-8-22-23(14(12)16(18,19)20)11-4-2-10(17)3-5-11/h2-5,8-9H,6-7H2,1H3,(H,21,26)(H,24,25). The van der Waals surface area contributed by atoms with Crippen molar-refractivity contribution in [2.75, 3.05) is 6.54 Å². The summed E-state index contributed by atoms with van der Waals surface area (Å²) < 4.78 is 53.8. The third kappa shape index (κ3) is 4.58. The lowest BCUT2D eigenvalue weighted by molar-refractivity contribution is -0.143. The Morgan fingerprint density at radius 1 is 1.27 bits per heavy atom. The average molecular weight is 373 g/mol. The summed E-state index contributed by atoms with van der Waals surface area (Å²) in [6.07, 6.45) is -4.35. The number of nitrogens with zero attached hydrogens (tertiary/aromatic N) is 2. The van der Waals surface area contributed by atoms with Crippen molar-refractivity contribution in [3.8, 4) is 5.69 Å². The van der Waals surface area contributed by atoms with Gasteiger partial charge in [0.05, 0.1) is 17.4 Å². The lowest BCUT2D eigenvalue weighted by Gasteiger charge is -2.14. The van der Waals surface area contributed by atoms with Gasteiger partial charge in [-0.05, 0) is 30.2 Å². The number of carboxylic acid groups (broad SMARTS) is 1. The number of nitrogens with one attached hydrogen (secondary N) is 1. The van der Waals surface area contributed by atoms with Gasteiger partial charge in [0.15, 0.2) is 5.69 Å². The topological polar surface area (TPSA) is 84.2 Å². The van der Waals surface area contributed by atoms with Crippen molar-refractivity contribution in [3.63, 3.8) is 0 Å². The van der Waals surface area contributed by atoms with Gasteiger partial charge >= 0.3 is 12.1 Å². The van der Waals surface area contributed by atoms with Crippen molar-refractivity contribution in [2.24, 2.45) is 5.92 Å². The summed E-state index contributed by atoms with van der Waals surface area (Å²) in [5.41, 5.74) is -2.06. The molecule has 26 heavy (non-hydrogen) atoms. The summed E-state index contributed by atoms with van der Waals surface area (Å²) in [7, 11) is 0. The minimum absolute atomic E-state index is 0.0583. The maximum Gasteiger partial charge on any atom is 0.434 e. The highest BCUT2D eigenvalue weighted by molar-refractivity contribution is 5.95. The smallest absolute Gasteiger partial charge is 0.434 e. The molecule has 2 N–H and O–H groups in total. The second-order valence-electron chi connectivity index (χ2n) is 5.71. The molecule has 2 rings (SSSR count). The molecule has 6 nitrogen and oxygen atoms in total. The first-order valence-corrected chi connectivity index (χ1v) is 7.50. The normalized spacial score (nSPS) is 12.7. The molecule has 1 atom stereocenters. The maximum absolute atomic E-state index is 13.4. The second-order valence-corrected chi connectivity index (χ2v) is 5.71. The first kappa shape index (κ1) is 19.4. The van der Waals surface area contributed by atoms with Gasteiger partial charge < -0.3 is 10.4 Å². The molecule has 10 heteroatoms. The van der Waals surface area contributed by atoms with Crippen LogP contribution in [-0.4, -0.2) is 33.3 Å². The molecular formula is C16H15F4N3O3. The van der Waals surface area contributed by atoms with Crippen LogP contribution < -0.4 is 5.32 Å². The molecule has 0 saturated heterocycles. The monoisotopic (exact) mass is 373 g/mol. The number of carbonyl (C=O) groups is 2. The molecule has 0 aliphatic heterocycles. The molecule has 0 aliphatic carbocycles. The molecule has 1 heterocycles. The Morgan fingerprint density at radius 2 is 1.88 bits per heavy atom. The van der Waals surface area contributed by atoms with E-state index in [2.05, 4.69) is 10.4 Å². The van der Waals surface area contributed by atoms with Gasteiger partial charge in [-0.1, -0.05) is 6.92 Å². The SMILES string of the molecule is CC(CNC(=O)c1cnn(-c2ccc(F)cc2)c1C(F)(F)F)CC(=O)O. The van der Waals surface area contributed by atoms with E-state index in [0.717, 1.165) is 30.5 Å². The summed E-state index contributed by atoms with van der Waals surface area (Å²) in [6.45, 7) is 1.44. The number of aromatic nitrogens is 2. The van der Waals surface area contributed by atoms with Crippen LogP contribution in [0.15, 0.2) is 30.5 Å². The van der Waals surface area contributed by atoms with Crippen LogP contribution in [0.2, 0.25) is 0 Å². The largest absolute Gasteiger partial charge is 0.481 e. The fraction of sp³-hybridized carbons (Fsp3) is 0.312. The molecule has 0 fully saturated rings. The maximum atomic E-state index is 13.4. The van der Waals surface area contributed by atoms with Crippen LogP contribution in [0.1, 0.15) is 29.4 Å². The zero-order valence-electron chi connectivity index (χ0n) is 13.5. The Kier molecular flexibility index (Phi) is 5.63. The Bertz CT molecular complexity index is 800. The van der Waals surface area contributed by atoms with Crippen molar-refractivity contribution < 1.29 is 32.3 Å². The second kappa shape index (κ2) is 7.54. The molecule has 0 spiro atoms. The molecular weight excluding hydrogens is 358 g/mol. The number of rotatable bonds is 6. The minimum Gasteiger partial charge on any atom is -0.481 e. The zero-order chi connectivity index (χ0) is 19.5. The Balaban J connectivity index is 2.30. The highest BCUT2D eigenvalue weighted by atomic mass is 19.4. The number of aliphatic carboxylic acids is 1. The summed E-state index contributed by atoms with van der Waals surface area (Å²) in [5.74, 6) is -3.19. The predicted molar refractivity (Wildman–Crippen MR) is 82.3 cm³/mol. The quantitative estimate of drug-likeness (QED) is 0.763. The lowest BCUT2D eigenvalue weighted by Crippen LogP contribution is -2.31. The number of carbonyl (C=O) groups excluding carboxylic acids is 1. The van der Waals surface area contributed by atoms with Crippen LogP contribution in [0.3, 0.4) is 0 Å². The summed E-state index contributed by atoms with van der Waals surface area (Å²) in [5, 5.41) is 14.5. The van der Waals surface area contributed by atoms with Gasteiger partial charge in [0.25, 0.3) is 5.91 Å². The molecule has 1 amide bonds. The van der Waals surface area contributed by atoms with Gasteiger partial charge in [-0.3, -0.25) is 9.59 Å². The number of alkyl halides is 3. The van der Waals surface area contributed by atoms with Gasteiger partial charge in [0.2, 0.25) is 0 Å². The molecule has 1 aromatic carbocycles. The van der Waals surface area contributed by atoms with Crippen LogP contribution in [0.25, 0.3) is 5.69 Å². The van der Waals surface area contributed by atoms with E-state index in [-0.39, 0.29) is 18.7 Å². The van der Waals surface area contributed by atoms with E-state index in [0.29, 0.717) is 4.68 Å². The van der Waals surface area contributed by atoms with Crippen molar-refractivity contribution in [1.29, 1.82) is 0 Å². The van der Waals surface area contributed by atoms with Crippen molar-refractivity contribution >= 4 is 11.9 Å². The fourth-order valence-electron chi connectivity index (χ4n) is 2.30. The number of hydrogen-bond acceptors (Lipinski definition) is 3. The third-order valence-electron chi connectivity index (χ3n) is 3.49. The van der Waals surface area contributed by atoms with E-state index in [1.807, 2.05) is 0 Å². The molecule has 2 aromatic rings. The molecule has 0 saturated carbocycles. The number of carboxylic acids is 1. The molecule has 0 bridgehead atoms. The fourth-order valence-corrected chi connectivity index (χ4v) is 2.30. The van der Waals surface area contributed by atoms with E-state index in [4.69, 9.17) is 5.11 Å². The van der Waals surface area contributed by atoms with Crippen LogP contribution >= 0.6 is 0 Å². The number of halogens is 4.